The third kappa shape index (κ3) is 3.84. The summed E-state index contributed by atoms with van der Waals surface area (Å²) in [4.78, 5) is 70.2. The number of carboxylic acid groups (broad SMARTS) is 1. The van der Waals surface area contributed by atoms with Crippen LogP contribution in [-0.2, 0) is 19.2 Å². The van der Waals surface area contributed by atoms with Gasteiger partial charge in [0.2, 0.25) is 23.6 Å². The van der Waals surface area contributed by atoms with Crippen molar-refractivity contribution in [1.82, 2.24) is 0 Å². The quantitative estimate of drug-likeness (QED) is 0.289. The van der Waals surface area contributed by atoms with Crippen molar-refractivity contribution in [3.63, 3.8) is 0 Å². The molecule has 4 amide bonds. The van der Waals surface area contributed by atoms with Gasteiger partial charge in [-0.3, -0.25) is 19.2 Å². The molecule has 10 nitrogen and oxygen atoms in total. The fourth-order valence-corrected chi connectivity index (χ4v) is 8.19. The van der Waals surface area contributed by atoms with Crippen molar-refractivity contribution in [2.75, 3.05) is 9.80 Å². The predicted octanol–water partition coefficient (Wildman–Crippen LogP) is 4.54. The molecule has 10 heteroatoms. The van der Waals surface area contributed by atoms with E-state index in [1.54, 1.807) is 62.4 Å². The molecule has 0 aromatic heterocycles. The number of hydrogen-bond donors (Lipinski definition) is 3. The Morgan fingerprint density at radius 2 is 1.58 bits per heavy atom. The van der Waals surface area contributed by atoms with E-state index in [2.05, 4.69) is 0 Å². The van der Waals surface area contributed by atoms with Crippen LogP contribution in [0, 0.1) is 36.0 Å². The topological polar surface area (TPSA) is 153 Å². The first-order chi connectivity index (χ1) is 21.5. The Labute approximate surface area is 258 Å². The van der Waals surface area contributed by atoms with Crippen LogP contribution in [0.1, 0.15) is 47.2 Å². The first kappa shape index (κ1) is 28.5. The van der Waals surface area contributed by atoms with E-state index in [0.29, 0.717) is 16.8 Å². The fourth-order valence-electron chi connectivity index (χ4n) is 8.19. The van der Waals surface area contributed by atoms with Gasteiger partial charge in [0.1, 0.15) is 17.1 Å². The second-order valence-electron chi connectivity index (χ2n) is 12.5. The normalized spacial score (nSPS) is 28.9. The molecule has 45 heavy (non-hydrogen) atoms. The van der Waals surface area contributed by atoms with Crippen LogP contribution in [0.3, 0.4) is 0 Å². The molecule has 2 saturated heterocycles. The lowest BCUT2D eigenvalue weighted by molar-refractivity contribution is -0.131. The molecule has 3 aromatic carbocycles. The number of anilines is 2. The summed E-state index contributed by atoms with van der Waals surface area (Å²) in [5.41, 5.74) is 0.668. The van der Waals surface area contributed by atoms with Gasteiger partial charge in [-0.05, 0) is 62.4 Å². The monoisotopic (exact) mass is 606 g/mol. The van der Waals surface area contributed by atoms with Crippen molar-refractivity contribution in [3.05, 3.63) is 95.1 Å². The number of phenols is 2. The standard InChI is InChI=1S/C35H30N2O8/c1-17-7-6-10-23(29(17)39)28-20-13-14-22-27(32(42)36(30(22)40)19-11-12-21(33(43)44)26(38)15-19)24(20)16-25-31(41)37(34(45)35(25,28)2)18-8-4-3-5-9-18/h3-13,15,22,24-25,27-28,38-39H,14,16H2,1-2H3,(H,43,44)/t22-,24+,25-,27-,28+,35+/m0/s1. The number of benzene rings is 3. The molecule has 228 valence electrons. The van der Waals surface area contributed by atoms with Gasteiger partial charge in [-0.2, -0.15) is 0 Å². The Morgan fingerprint density at radius 3 is 2.27 bits per heavy atom. The van der Waals surface area contributed by atoms with Crippen LogP contribution in [0.2, 0.25) is 0 Å². The fraction of sp³-hybridized carbons (Fsp3) is 0.286. The molecule has 0 spiro atoms. The Balaban J connectivity index is 1.36. The molecule has 0 radical (unpaired) electrons. The molecule has 2 heterocycles. The Morgan fingerprint density at radius 1 is 0.844 bits per heavy atom. The van der Waals surface area contributed by atoms with Crippen LogP contribution in [0.4, 0.5) is 11.4 Å². The molecule has 2 aliphatic carbocycles. The van der Waals surface area contributed by atoms with Crippen LogP contribution < -0.4 is 9.80 Å². The van der Waals surface area contributed by atoms with E-state index in [0.717, 1.165) is 22.6 Å². The number of phenolic OH excluding ortho intramolecular Hbond substituents is 1. The Bertz CT molecular complexity index is 1870. The lowest BCUT2D eigenvalue weighted by Gasteiger charge is -2.49. The van der Waals surface area contributed by atoms with E-state index in [4.69, 9.17) is 0 Å². The average molecular weight is 607 g/mol. The van der Waals surface area contributed by atoms with Gasteiger partial charge in [0.05, 0.1) is 34.5 Å². The van der Waals surface area contributed by atoms with E-state index in [1.807, 2.05) is 6.08 Å². The highest BCUT2D eigenvalue weighted by molar-refractivity contribution is 6.25. The second kappa shape index (κ2) is 9.88. The Kier molecular flexibility index (Phi) is 6.26. The number of carboxylic acids is 1. The van der Waals surface area contributed by atoms with Crippen LogP contribution >= 0.6 is 0 Å². The molecular formula is C35H30N2O8. The van der Waals surface area contributed by atoms with E-state index in [-0.39, 0.29) is 35.7 Å². The molecule has 6 atom stereocenters. The number of aromatic carboxylic acids is 1. The zero-order valence-electron chi connectivity index (χ0n) is 24.5. The number of hydrogen-bond acceptors (Lipinski definition) is 7. The van der Waals surface area contributed by atoms with Gasteiger partial charge in [-0.15, -0.1) is 0 Å². The van der Waals surface area contributed by atoms with E-state index in [9.17, 15) is 39.3 Å². The smallest absolute Gasteiger partial charge is 0.339 e. The van der Waals surface area contributed by atoms with Crippen molar-refractivity contribution < 1.29 is 39.3 Å². The maximum atomic E-state index is 14.4. The van der Waals surface area contributed by atoms with Crippen molar-refractivity contribution in [1.29, 1.82) is 0 Å². The third-order valence-electron chi connectivity index (χ3n) is 10.3. The van der Waals surface area contributed by atoms with E-state index < -0.39 is 64.4 Å². The van der Waals surface area contributed by atoms with Crippen LogP contribution in [-0.4, -0.2) is 44.9 Å². The van der Waals surface area contributed by atoms with E-state index in [1.165, 1.54) is 11.0 Å². The van der Waals surface area contributed by atoms with Gasteiger partial charge in [0.15, 0.2) is 0 Å². The number of allylic oxidation sites excluding steroid dienone is 2. The number of para-hydroxylation sites is 2. The number of imide groups is 2. The van der Waals surface area contributed by atoms with Gasteiger partial charge in [-0.25, -0.2) is 14.6 Å². The predicted molar refractivity (Wildman–Crippen MR) is 161 cm³/mol. The van der Waals surface area contributed by atoms with Gasteiger partial charge < -0.3 is 15.3 Å². The largest absolute Gasteiger partial charge is 0.507 e. The van der Waals surface area contributed by atoms with Crippen molar-refractivity contribution in [3.8, 4) is 11.5 Å². The lowest BCUT2D eigenvalue weighted by atomic mass is 9.51. The average Bonchev–Trinajstić information content (AvgIpc) is 3.38. The molecule has 2 aliphatic heterocycles. The minimum Gasteiger partial charge on any atom is -0.507 e. The number of amides is 4. The molecule has 1 saturated carbocycles. The SMILES string of the molecule is Cc1cccc([C@H]2C3=CC[C@@H]4C(=O)N(c5ccc(C(=O)O)c(O)c5)C(=O)[C@@H]4[C@@H]3C[C@H]3C(=O)N(c4ccccc4)C(=O)[C@@]23C)c1O. The first-order valence-corrected chi connectivity index (χ1v) is 14.8. The molecule has 0 unspecified atom stereocenters. The summed E-state index contributed by atoms with van der Waals surface area (Å²) >= 11 is 0. The van der Waals surface area contributed by atoms with Crippen LogP contribution in [0.15, 0.2) is 78.4 Å². The minimum absolute atomic E-state index is 0.00834. The summed E-state index contributed by atoms with van der Waals surface area (Å²) in [5, 5.41) is 31.0. The highest BCUT2D eigenvalue weighted by Gasteiger charge is 2.68. The maximum absolute atomic E-state index is 14.4. The summed E-state index contributed by atoms with van der Waals surface area (Å²) in [6.45, 7) is 3.52. The van der Waals surface area contributed by atoms with Crippen molar-refractivity contribution in [2.45, 2.75) is 32.6 Å². The Hall–Kier alpha value is -5.25. The van der Waals surface area contributed by atoms with Crippen molar-refractivity contribution >= 4 is 41.0 Å². The zero-order valence-corrected chi connectivity index (χ0v) is 24.5. The number of fused-ring (bicyclic) bond motifs is 4. The zero-order chi connectivity index (χ0) is 31.9. The molecular weight excluding hydrogens is 576 g/mol. The summed E-state index contributed by atoms with van der Waals surface area (Å²) < 4.78 is 0. The molecule has 0 bridgehead atoms. The number of aromatic hydroxyl groups is 2. The highest BCUT2D eigenvalue weighted by atomic mass is 16.4. The lowest BCUT2D eigenvalue weighted by Crippen LogP contribution is -2.49. The van der Waals surface area contributed by atoms with Crippen LogP contribution in [0.5, 0.6) is 11.5 Å². The van der Waals surface area contributed by atoms with E-state index >= 15 is 0 Å². The molecule has 4 aliphatic rings. The molecule has 3 aromatic rings. The first-order valence-electron chi connectivity index (χ1n) is 14.8. The maximum Gasteiger partial charge on any atom is 0.339 e. The van der Waals surface area contributed by atoms with Crippen LogP contribution in [0.25, 0.3) is 0 Å². The number of carbonyl (C=O) groups excluding carboxylic acids is 4. The molecule has 7 rings (SSSR count). The summed E-state index contributed by atoms with van der Waals surface area (Å²) in [6, 6.07) is 17.5. The molecule has 3 N–H and O–H groups in total. The number of carbonyl (C=O) groups is 5. The van der Waals surface area contributed by atoms with Gasteiger partial charge in [0, 0.05) is 17.5 Å². The number of rotatable bonds is 4. The van der Waals surface area contributed by atoms with Crippen molar-refractivity contribution in [2.24, 2.45) is 29.1 Å². The highest BCUT2D eigenvalue weighted by Crippen LogP contribution is 2.64. The summed E-state index contributed by atoms with van der Waals surface area (Å²) in [7, 11) is 0. The number of nitrogens with zero attached hydrogens (tertiary/aromatic N) is 2. The summed E-state index contributed by atoms with van der Waals surface area (Å²) in [5.74, 6) is -7.48. The minimum atomic E-state index is -1.35. The second-order valence-corrected chi connectivity index (χ2v) is 12.5. The van der Waals surface area contributed by atoms with Gasteiger partial charge >= 0.3 is 5.97 Å². The van der Waals surface area contributed by atoms with Gasteiger partial charge in [-0.1, -0.05) is 48.0 Å². The number of aryl methyl sites for hydroxylation is 1. The summed E-state index contributed by atoms with van der Waals surface area (Å²) in [6.07, 6.45) is 2.24. The third-order valence-corrected chi connectivity index (χ3v) is 10.3. The molecule has 3 fully saturated rings. The van der Waals surface area contributed by atoms with Gasteiger partial charge in [0.25, 0.3) is 0 Å².